The van der Waals surface area contributed by atoms with Crippen LogP contribution in [-0.2, 0) is 6.54 Å². The number of rotatable bonds is 4. The Morgan fingerprint density at radius 2 is 2.05 bits per heavy atom. The smallest absolute Gasteiger partial charge is 0.123 e. The van der Waals surface area contributed by atoms with Crippen LogP contribution in [0.2, 0.25) is 0 Å². The maximum atomic E-state index is 5.90. The molecular formula is C16H19N5. The molecule has 1 unspecified atom stereocenters. The van der Waals surface area contributed by atoms with Gasteiger partial charge in [0.25, 0.3) is 0 Å². The average molecular weight is 281 g/mol. The molecule has 0 aliphatic carbocycles. The van der Waals surface area contributed by atoms with Crippen LogP contribution < -0.4 is 5.73 Å². The van der Waals surface area contributed by atoms with Gasteiger partial charge in [0, 0.05) is 18.9 Å². The van der Waals surface area contributed by atoms with E-state index < -0.39 is 0 Å². The van der Waals surface area contributed by atoms with Crippen molar-refractivity contribution in [3.63, 3.8) is 0 Å². The van der Waals surface area contributed by atoms with Gasteiger partial charge >= 0.3 is 0 Å². The zero-order valence-electron chi connectivity index (χ0n) is 12.1. The minimum Gasteiger partial charge on any atom is -0.386 e. The normalized spacial score (nSPS) is 18.2. The van der Waals surface area contributed by atoms with Gasteiger partial charge in [0.1, 0.15) is 5.84 Å². The van der Waals surface area contributed by atoms with E-state index in [-0.39, 0.29) is 5.92 Å². The van der Waals surface area contributed by atoms with Gasteiger partial charge in [-0.15, -0.1) is 5.10 Å². The Morgan fingerprint density at radius 3 is 2.81 bits per heavy atom. The van der Waals surface area contributed by atoms with E-state index in [0.29, 0.717) is 12.3 Å². The number of aryl methyl sites for hydroxylation is 1. The summed E-state index contributed by atoms with van der Waals surface area (Å²) in [5.41, 5.74) is 9.08. The van der Waals surface area contributed by atoms with Gasteiger partial charge in [-0.25, -0.2) is 4.98 Å². The third-order valence-corrected chi connectivity index (χ3v) is 3.67. The third-order valence-electron chi connectivity index (χ3n) is 3.67. The van der Waals surface area contributed by atoms with Crippen LogP contribution in [0.25, 0.3) is 0 Å². The average Bonchev–Trinajstić information content (AvgIpc) is 2.97. The maximum Gasteiger partial charge on any atom is 0.123 e. The number of nitrogens with two attached hydrogens (primary N) is 1. The molecule has 0 radical (unpaired) electrons. The summed E-state index contributed by atoms with van der Waals surface area (Å²) in [6.45, 7) is 3.08. The Kier molecular flexibility index (Phi) is 3.81. The van der Waals surface area contributed by atoms with Crippen LogP contribution in [0.3, 0.4) is 0 Å². The number of nitrogens with zero attached hydrogens (tertiary/aromatic N) is 4. The Bertz CT molecular complexity index is 669. The standard InChI is InChI=1S/C16H19N5/c1-2-8-21-11-18-10-14(21)16-13(9-15(17)19-20-16)12-6-4-3-5-7-12/h3-7,10-11,13H,2,8-9H2,1H3,(H2,17,19). The second-order valence-corrected chi connectivity index (χ2v) is 5.22. The minimum atomic E-state index is 0.135. The first-order valence-electron chi connectivity index (χ1n) is 7.25. The van der Waals surface area contributed by atoms with Gasteiger partial charge in [-0.05, 0) is 12.0 Å². The summed E-state index contributed by atoms with van der Waals surface area (Å²) in [5, 5.41) is 8.46. The summed E-state index contributed by atoms with van der Waals surface area (Å²) < 4.78 is 2.13. The number of aromatic nitrogens is 2. The fraction of sp³-hybridized carbons (Fsp3) is 0.312. The highest BCUT2D eigenvalue weighted by molar-refractivity contribution is 6.07. The van der Waals surface area contributed by atoms with Crippen molar-refractivity contribution < 1.29 is 0 Å². The highest BCUT2D eigenvalue weighted by Gasteiger charge is 2.26. The molecule has 0 fully saturated rings. The summed E-state index contributed by atoms with van der Waals surface area (Å²) in [4.78, 5) is 4.27. The lowest BCUT2D eigenvalue weighted by molar-refractivity contribution is 0.669. The molecule has 1 aromatic carbocycles. The fourth-order valence-corrected chi connectivity index (χ4v) is 2.68. The first kappa shape index (κ1) is 13.5. The van der Waals surface area contributed by atoms with E-state index >= 15 is 0 Å². The van der Waals surface area contributed by atoms with E-state index in [0.717, 1.165) is 24.4 Å². The van der Waals surface area contributed by atoms with Crippen LogP contribution in [0.5, 0.6) is 0 Å². The van der Waals surface area contributed by atoms with Crippen LogP contribution in [0.15, 0.2) is 53.1 Å². The third kappa shape index (κ3) is 2.72. The Labute approximate surface area is 124 Å². The molecule has 2 N–H and O–H groups in total. The van der Waals surface area contributed by atoms with Crippen molar-refractivity contribution in [2.24, 2.45) is 15.9 Å². The summed E-state index contributed by atoms with van der Waals surface area (Å²) >= 11 is 0. The quantitative estimate of drug-likeness (QED) is 0.935. The van der Waals surface area contributed by atoms with Crippen molar-refractivity contribution in [1.29, 1.82) is 0 Å². The Balaban J connectivity index is 2.02. The molecule has 0 amide bonds. The molecule has 3 rings (SSSR count). The number of imidazole rings is 1. The van der Waals surface area contributed by atoms with E-state index in [4.69, 9.17) is 5.73 Å². The van der Waals surface area contributed by atoms with Crippen molar-refractivity contribution in [3.8, 4) is 0 Å². The monoisotopic (exact) mass is 281 g/mol. The first-order chi connectivity index (χ1) is 10.3. The molecule has 0 bridgehead atoms. The second-order valence-electron chi connectivity index (χ2n) is 5.22. The molecular weight excluding hydrogens is 262 g/mol. The SMILES string of the molecule is CCCn1cncc1C1=NN=C(N)CC1c1ccccc1. The first-order valence-corrected chi connectivity index (χ1v) is 7.25. The van der Waals surface area contributed by atoms with Crippen LogP contribution in [0.1, 0.15) is 36.9 Å². The zero-order valence-corrected chi connectivity index (χ0v) is 12.1. The molecule has 1 aliphatic rings. The number of amidine groups is 1. The van der Waals surface area contributed by atoms with Gasteiger partial charge < -0.3 is 10.3 Å². The molecule has 5 heteroatoms. The molecule has 0 spiro atoms. The molecule has 2 aromatic rings. The van der Waals surface area contributed by atoms with Gasteiger partial charge in [0.15, 0.2) is 0 Å². The molecule has 1 aromatic heterocycles. The summed E-state index contributed by atoms with van der Waals surface area (Å²) in [6, 6.07) is 10.3. The van der Waals surface area contributed by atoms with Gasteiger partial charge in [-0.2, -0.15) is 5.10 Å². The highest BCUT2D eigenvalue weighted by atomic mass is 15.3. The summed E-state index contributed by atoms with van der Waals surface area (Å²) in [7, 11) is 0. The lowest BCUT2D eigenvalue weighted by Gasteiger charge is -2.22. The van der Waals surface area contributed by atoms with Crippen molar-refractivity contribution in [1.82, 2.24) is 9.55 Å². The van der Waals surface area contributed by atoms with E-state index in [2.05, 4.69) is 38.8 Å². The molecule has 1 atom stereocenters. The number of benzene rings is 1. The van der Waals surface area contributed by atoms with Gasteiger partial charge in [-0.1, -0.05) is 37.3 Å². The van der Waals surface area contributed by atoms with Crippen LogP contribution in [0.4, 0.5) is 0 Å². The van der Waals surface area contributed by atoms with Crippen molar-refractivity contribution in [2.75, 3.05) is 0 Å². The Morgan fingerprint density at radius 1 is 1.24 bits per heavy atom. The van der Waals surface area contributed by atoms with Crippen molar-refractivity contribution in [2.45, 2.75) is 32.2 Å². The lowest BCUT2D eigenvalue weighted by Crippen LogP contribution is -2.27. The summed E-state index contributed by atoms with van der Waals surface area (Å²) in [6.07, 6.45) is 5.46. The molecule has 21 heavy (non-hydrogen) atoms. The summed E-state index contributed by atoms with van der Waals surface area (Å²) in [5.74, 6) is 0.713. The van der Waals surface area contributed by atoms with Gasteiger partial charge in [-0.3, -0.25) is 0 Å². The predicted molar refractivity (Wildman–Crippen MR) is 84.5 cm³/mol. The van der Waals surface area contributed by atoms with E-state index in [9.17, 15) is 0 Å². The van der Waals surface area contributed by atoms with E-state index in [1.54, 1.807) is 0 Å². The zero-order chi connectivity index (χ0) is 14.7. The second kappa shape index (κ2) is 5.91. The largest absolute Gasteiger partial charge is 0.386 e. The number of hydrogen-bond donors (Lipinski definition) is 1. The number of hydrogen-bond acceptors (Lipinski definition) is 4. The van der Waals surface area contributed by atoms with Crippen molar-refractivity contribution in [3.05, 3.63) is 54.1 Å². The van der Waals surface area contributed by atoms with Crippen LogP contribution in [-0.4, -0.2) is 21.1 Å². The minimum absolute atomic E-state index is 0.135. The molecule has 0 saturated heterocycles. The maximum absolute atomic E-state index is 5.90. The molecule has 1 aliphatic heterocycles. The predicted octanol–water partition coefficient (Wildman–Crippen LogP) is 2.54. The molecule has 5 nitrogen and oxygen atoms in total. The topological polar surface area (TPSA) is 68.6 Å². The van der Waals surface area contributed by atoms with E-state index in [1.807, 2.05) is 30.7 Å². The molecule has 108 valence electrons. The Hall–Kier alpha value is -2.43. The molecule has 0 saturated carbocycles. The lowest BCUT2D eigenvalue weighted by atomic mass is 9.88. The van der Waals surface area contributed by atoms with Crippen molar-refractivity contribution >= 4 is 11.5 Å². The van der Waals surface area contributed by atoms with Crippen LogP contribution >= 0.6 is 0 Å². The fourth-order valence-electron chi connectivity index (χ4n) is 2.68. The van der Waals surface area contributed by atoms with E-state index in [1.165, 1.54) is 5.56 Å². The van der Waals surface area contributed by atoms with Gasteiger partial charge in [0.05, 0.1) is 23.9 Å². The highest BCUT2D eigenvalue weighted by Crippen LogP contribution is 2.27. The van der Waals surface area contributed by atoms with Crippen LogP contribution in [0, 0.1) is 0 Å². The van der Waals surface area contributed by atoms with Gasteiger partial charge in [0.2, 0.25) is 0 Å². The molecule has 2 heterocycles.